The van der Waals surface area contributed by atoms with Crippen molar-refractivity contribution in [3.63, 3.8) is 0 Å². The van der Waals surface area contributed by atoms with Gasteiger partial charge < -0.3 is 0 Å². The monoisotopic (exact) mass is 330 g/mol. The Morgan fingerprint density at radius 2 is 0.917 bits per heavy atom. The highest BCUT2D eigenvalue weighted by molar-refractivity contribution is 4.97. The fourth-order valence-electron chi connectivity index (χ4n) is 2.89. The molecular formula is C24H42. The summed E-state index contributed by atoms with van der Waals surface area (Å²) >= 11 is 0. The molecule has 0 aliphatic carbocycles. The van der Waals surface area contributed by atoms with Gasteiger partial charge in [-0.3, -0.25) is 0 Å². The van der Waals surface area contributed by atoms with Crippen LogP contribution in [0.5, 0.6) is 0 Å². The molecular weight excluding hydrogens is 288 g/mol. The van der Waals surface area contributed by atoms with Crippen LogP contribution in [-0.4, -0.2) is 0 Å². The van der Waals surface area contributed by atoms with E-state index in [0.29, 0.717) is 0 Å². The summed E-state index contributed by atoms with van der Waals surface area (Å²) in [6, 6.07) is 12.5. The third-order valence-electron chi connectivity index (χ3n) is 4.46. The van der Waals surface area contributed by atoms with Crippen LogP contribution in [0.1, 0.15) is 110 Å². The summed E-state index contributed by atoms with van der Waals surface area (Å²) < 4.78 is 0. The number of hydrogen-bond acceptors (Lipinski definition) is 0. The van der Waals surface area contributed by atoms with Crippen molar-refractivity contribution in [1.29, 1.82) is 0 Å². The quantitative estimate of drug-likeness (QED) is 0.282. The maximum atomic E-state index is 3.88. The van der Waals surface area contributed by atoms with E-state index in [0.717, 1.165) is 6.42 Å². The van der Waals surface area contributed by atoms with E-state index < -0.39 is 0 Å². The van der Waals surface area contributed by atoms with Crippen LogP contribution in [0.15, 0.2) is 30.3 Å². The summed E-state index contributed by atoms with van der Waals surface area (Å²) in [5.74, 6) is 0. The van der Waals surface area contributed by atoms with Crippen LogP contribution in [0.3, 0.4) is 0 Å². The van der Waals surface area contributed by atoms with Gasteiger partial charge in [0.25, 0.3) is 0 Å². The number of unbranched alkanes of at least 4 members (excludes halogenated alkanes) is 15. The van der Waals surface area contributed by atoms with Crippen LogP contribution >= 0.6 is 0 Å². The van der Waals surface area contributed by atoms with Crippen LogP contribution in [0.4, 0.5) is 0 Å². The minimum Gasteiger partial charge on any atom is -0.0654 e. The first-order valence-corrected chi connectivity index (χ1v) is 10.6. The normalized spacial score (nSPS) is 10.2. The van der Waals surface area contributed by atoms with Gasteiger partial charge in [0, 0.05) is 0 Å². The summed E-state index contributed by atoms with van der Waals surface area (Å²) in [5.41, 5.74) is 0. The van der Waals surface area contributed by atoms with E-state index in [1.54, 1.807) is 0 Å². The molecule has 1 aromatic carbocycles. The zero-order valence-corrected chi connectivity index (χ0v) is 16.4. The molecule has 0 saturated carbocycles. The SMILES string of the molecule is [CH2]CCCCCCCCCCCCCCCCC.[c]1ccccc1. The van der Waals surface area contributed by atoms with Crippen LogP contribution < -0.4 is 0 Å². The van der Waals surface area contributed by atoms with Gasteiger partial charge in [-0.25, -0.2) is 0 Å². The Labute approximate surface area is 153 Å². The zero-order valence-electron chi connectivity index (χ0n) is 16.4. The predicted octanol–water partition coefficient (Wildman–Crippen LogP) is 8.57. The third kappa shape index (κ3) is 21.2. The van der Waals surface area contributed by atoms with Crippen molar-refractivity contribution >= 4 is 0 Å². The zero-order chi connectivity index (χ0) is 17.6. The summed E-state index contributed by atoms with van der Waals surface area (Å²) in [4.78, 5) is 0. The van der Waals surface area contributed by atoms with E-state index in [1.165, 1.54) is 96.3 Å². The van der Waals surface area contributed by atoms with E-state index >= 15 is 0 Å². The predicted molar refractivity (Wildman–Crippen MR) is 110 cm³/mol. The molecule has 0 aliphatic heterocycles. The Kier molecular flexibility index (Phi) is 21.5. The highest BCUT2D eigenvalue weighted by Crippen LogP contribution is 2.13. The highest BCUT2D eigenvalue weighted by atomic mass is 14.0. The molecule has 2 radical (unpaired) electrons. The fourth-order valence-corrected chi connectivity index (χ4v) is 2.89. The Hall–Kier alpha value is -0.780. The van der Waals surface area contributed by atoms with E-state index in [4.69, 9.17) is 0 Å². The molecule has 0 fully saturated rings. The molecule has 24 heavy (non-hydrogen) atoms. The fraction of sp³-hybridized carbons (Fsp3) is 0.708. The lowest BCUT2D eigenvalue weighted by Gasteiger charge is -2.03. The van der Waals surface area contributed by atoms with Gasteiger partial charge in [-0.15, -0.1) is 0 Å². The van der Waals surface area contributed by atoms with Crippen molar-refractivity contribution in [2.45, 2.75) is 110 Å². The number of hydrogen-bond donors (Lipinski definition) is 0. The first-order valence-electron chi connectivity index (χ1n) is 10.6. The van der Waals surface area contributed by atoms with Crippen molar-refractivity contribution < 1.29 is 0 Å². The highest BCUT2D eigenvalue weighted by Gasteiger charge is 1.93. The van der Waals surface area contributed by atoms with Crippen molar-refractivity contribution in [2.75, 3.05) is 0 Å². The Bertz CT molecular complexity index is 247. The smallest absolute Gasteiger partial charge is 0.0184 e. The maximum Gasteiger partial charge on any atom is -0.0184 e. The molecule has 0 atom stereocenters. The van der Waals surface area contributed by atoms with Gasteiger partial charge in [0.2, 0.25) is 0 Å². The van der Waals surface area contributed by atoms with Gasteiger partial charge in [0.15, 0.2) is 0 Å². The van der Waals surface area contributed by atoms with E-state index in [2.05, 4.69) is 19.9 Å². The summed E-state index contributed by atoms with van der Waals surface area (Å²) in [5, 5.41) is 0. The standard InChI is InChI=1S/C18H37.C6H5/c1-3-5-7-9-11-13-15-17-18-16-14-12-10-8-6-4-2;1-2-4-6-5-3-1/h1,3-18H2,2H3;1-5H. The first kappa shape index (κ1) is 23.2. The molecule has 1 rings (SSSR count). The first-order chi connectivity index (χ1) is 11.9. The largest absolute Gasteiger partial charge is 0.0654 e. The second-order valence-corrected chi connectivity index (χ2v) is 6.88. The molecule has 0 spiro atoms. The molecule has 0 aromatic heterocycles. The minimum absolute atomic E-state index is 1.12. The van der Waals surface area contributed by atoms with E-state index in [-0.39, 0.29) is 0 Å². The van der Waals surface area contributed by atoms with Gasteiger partial charge in [-0.05, 0) is 6.07 Å². The second kappa shape index (κ2) is 22.2. The van der Waals surface area contributed by atoms with Crippen LogP contribution in [0.25, 0.3) is 0 Å². The van der Waals surface area contributed by atoms with Crippen LogP contribution in [-0.2, 0) is 0 Å². The van der Waals surface area contributed by atoms with Gasteiger partial charge in [0.05, 0.1) is 0 Å². The minimum atomic E-state index is 1.12. The summed E-state index contributed by atoms with van der Waals surface area (Å²) in [7, 11) is 0. The van der Waals surface area contributed by atoms with Gasteiger partial charge in [-0.1, -0.05) is 147 Å². The summed E-state index contributed by atoms with van der Waals surface area (Å²) in [6.45, 7) is 6.18. The average Bonchev–Trinajstić information content (AvgIpc) is 2.64. The van der Waals surface area contributed by atoms with Gasteiger partial charge in [-0.2, -0.15) is 0 Å². The van der Waals surface area contributed by atoms with Crippen molar-refractivity contribution in [3.05, 3.63) is 43.3 Å². The van der Waals surface area contributed by atoms with Crippen LogP contribution in [0, 0.1) is 13.0 Å². The van der Waals surface area contributed by atoms with Crippen LogP contribution in [0.2, 0.25) is 0 Å². The molecule has 0 saturated heterocycles. The lowest BCUT2D eigenvalue weighted by atomic mass is 10.0. The number of benzene rings is 1. The molecule has 0 heterocycles. The topological polar surface area (TPSA) is 0 Å². The van der Waals surface area contributed by atoms with Crippen molar-refractivity contribution in [1.82, 2.24) is 0 Å². The lowest BCUT2D eigenvalue weighted by Crippen LogP contribution is -1.83. The second-order valence-electron chi connectivity index (χ2n) is 6.88. The molecule has 0 amide bonds. The average molecular weight is 331 g/mol. The molecule has 138 valence electrons. The van der Waals surface area contributed by atoms with Crippen molar-refractivity contribution in [2.24, 2.45) is 0 Å². The Balaban J connectivity index is 0.000000728. The molecule has 0 N–H and O–H groups in total. The van der Waals surface area contributed by atoms with Gasteiger partial charge in [0.1, 0.15) is 0 Å². The van der Waals surface area contributed by atoms with E-state index in [1.807, 2.05) is 30.3 Å². The molecule has 0 nitrogen and oxygen atoms in total. The molecule has 0 heteroatoms. The third-order valence-corrected chi connectivity index (χ3v) is 4.46. The van der Waals surface area contributed by atoms with Gasteiger partial charge >= 0.3 is 0 Å². The molecule has 0 aliphatic rings. The molecule has 0 unspecified atom stereocenters. The molecule has 1 aromatic rings. The number of rotatable bonds is 15. The maximum absolute atomic E-state index is 3.88. The lowest BCUT2D eigenvalue weighted by molar-refractivity contribution is 0.533. The van der Waals surface area contributed by atoms with E-state index in [9.17, 15) is 0 Å². The molecule has 0 bridgehead atoms. The van der Waals surface area contributed by atoms with Crippen molar-refractivity contribution in [3.8, 4) is 0 Å². The Morgan fingerprint density at radius 1 is 0.542 bits per heavy atom. The Morgan fingerprint density at radius 3 is 1.17 bits per heavy atom. The summed E-state index contributed by atoms with van der Waals surface area (Å²) in [6.07, 6.45) is 22.8.